The zero-order valence-electron chi connectivity index (χ0n) is 15.8. The van der Waals surface area contributed by atoms with Crippen LogP contribution in [0, 0.1) is 0 Å². The Morgan fingerprint density at radius 3 is 1.70 bits per heavy atom. The molecule has 5 atom stereocenters. The zero-order valence-corrected chi connectivity index (χ0v) is 15.8. The summed E-state index contributed by atoms with van der Waals surface area (Å²) < 4.78 is 0. The maximum atomic E-state index is 12.4. The molecule has 0 rings (SSSR count). The minimum atomic E-state index is -1.79. The highest BCUT2D eigenvalue weighted by Gasteiger charge is 2.33. The second kappa shape index (κ2) is 12.3. The van der Waals surface area contributed by atoms with Crippen molar-refractivity contribution in [1.29, 1.82) is 0 Å². The number of nitrogens with two attached hydrogens (primary N) is 1. The third-order valence-electron chi connectivity index (χ3n) is 3.60. The highest BCUT2D eigenvalue weighted by Crippen LogP contribution is 2.01. The van der Waals surface area contributed by atoms with Gasteiger partial charge in [0.15, 0.2) is 0 Å². The minimum Gasteiger partial charge on any atom is -0.481 e. The van der Waals surface area contributed by atoms with Gasteiger partial charge in [-0.1, -0.05) is 0 Å². The summed E-state index contributed by atoms with van der Waals surface area (Å²) in [4.78, 5) is 68.9. The van der Waals surface area contributed by atoms with Gasteiger partial charge in [-0.15, -0.1) is 0 Å². The third-order valence-corrected chi connectivity index (χ3v) is 3.60. The Labute approximate surface area is 169 Å². The van der Waals surface area contributed by atoms with Crippen LogP contribution in [0.5, 0.6) is 0 Å². The van der Waals surface area contributed by atoms with Crippen molar-refractivity contribution >= 4 is 35.6 Å². The van der Waals surface area contributed by atoms with E-state index in [1.807, 2.05) is 16.0 Å². The number of carboxylic acid groups (broad SMARTS) is 3. The van der Waals surface area contributed by atoms with Crippen molar-refractivity contribution in [2.45, 2.75) is 50.0 Å². The summed E-state index contributed by atoms with van der Waals surface area (Å²) in [7, 11) is 0. The number of aliphatic carboxylic acids is 3. The summed E-state index contributed by atoms with van der Waals surface area (Å²) >= 11 is 0. The van der Waals surface area contributed by atoms with E-state index in [1.165, 1.54) is 0 Å². The lowest BCUT2D eigenvalue weighted by molar-refractivity contribution is -0.145. The van der Waals surface area contributed by atoms with Crippen molar-refractivity contribution in [3.63, 3.8) is 0 Å². The van der Waals surface area contributed by atoms with E-state index in [4.69, 9.17) is 26.2 Å². The smallest absolute Gasteiger partial charge is 0.328 e. The summed E-state index contributed by atoms with van der Waals surface area (Å²) in [6.07, 6.45) is -3.36. The number of carbonyl (C=O) groups is 6. The first-order valence-corrected chi connectivity index (χ1v) is 8.42. The van der Waals surface area contributed by atoms with E-state index in [0.29, 0.717) is 0 Å². The molecular formula is C15H24N4O11. The summed E-state index contributed by atoms with van der Waals surface area (Å²) in [6.45, 7) is 0.0769. The zero-order chi connectivity index (χ0) is 23.6. The number of carboxylic acids is 3. The predicted molar refractivity (Wildman–Crippen MR) is 94.7 cm³/mol. The maximum Gasteiger partial charge on any atom is 0.328 e. The average Bonchev–Trinajstić information content (AvgIpc) is 2.61. The molecule has 0 aliphatic carbocycles. The summed E-state index contributed by atoms with van der Waals surface area (Å²) in [6, 6.07) is -6.90. The van der Waals surface area contributed by atoms with Crippen molar-refractivity contribution in [3.8, 4) is 0 Å². The number of aliphatic hydroxyl groups is 2. The molecule has 30 heavy (non-hydrogen) atoms. The van der Waals surface area contributed by atoms with E-state index in [2.05, 4.69) is 0 Å². The van der Waals surface area contributed by atoms with E-state index < -0.39 is 85.3 Å². The van der Waals surface area contributed by atoms with Gasteiger partial charge in [0.1, 0.15) is 18.1 Å². The first-order valence-electron chi connectivity index (χ1n) is 8.42. The Morgan fingerprint density at radius 1 is 0.800 bits per heavy atom. The van der Waals surface area contributed by atoms with Gasteiger partial charge in [0.2, 0.25) is 17.7 Å². The summed E-state index contributed by atoms with van der Waals surface area (Å²) in [5, 5.41) is 50.8. The van der Waals surface area contributed by atoms with Crippen LogP contribution in [0.3, 0.4) is 0 Å². The van der Waals surface area contributed by atoms with Gasteiger partial charge in [-0.25, -0.2) is 4.79 Å². The number of nitrogens with one attached hydrogen (secondary N) is 3. The van der Waals surface area contributed by atoms with Crippen LogP contribution in [-0.2, 0) is 28.8 Å². The topological polar surface area (TPSA) is 266 Å². The lowest BCUT2D eigenvalue weighted by Crippen LogP contribution is -2.60. The number of carbonyl (C=O) groups excluding carboxylic acids is 3. The van der Waals surface area contributed by atoms with E-state index in [1.54, 1.807) is 0 Å². The molecule has 10 N–H and O–H groups in total. The third kappa shape index (κ3) is 9.26. The van der Waals surface area contributed by atoms with Crippen molar-refractivity contribution < 1.29 is 54.3 Å². The first kappa shape index (κ1) is 26.7. The summed E-state index contributed by atoms with van der Waals surface area (Å²) in [5.41, 5.74) is 5.34. The van der Waals surface area contributed by atoms with E-state index >= 15 is 0 Å². The molecule has 5 unspecified atom stereocenters. The lowest BCUT2D eigenvalue weighted by atomic mass is 10.1. The van der Waals surface area contributed by atoms with E-state index in [-0.39, 0.29) is 0 Å². The van der Waals surface area contributed by atoms with Gasteiger partial charge >= 0.3 is 17.9 Å². The monoisotopic (exact) mass is 436 g/mol. The van der Waals surface area contributed by atoms with Crippen LogP contribution in [0.4, 0.5) is 0 Å². The van der Waals surface area contributed by atoms with E-state index in [0.717, 1.165) is 6.92 Å². The standard InChI is InChI=1S/C15H24N4O11/c1-5(21)11(14(28)18-8(4-20)15(29)30)19-13(27)7(3-10(24)25)17-12(26)6(16)2-9(22)23/h5-8,11,20-21H,2-4,16H2,1H3,(H,17,26)(H,18,28)(H,19,27)(H,22,23)(H,24,25)(H,29,30). The van der Waals surface area contributed by atoms with Crippen molar-refractivity contribution in [2.75, 3.05) is 6.61 Å². The second-order valence-electron chi connectivity index (χ2n) is 6.17. The van der Waals surface area contributed by atoms with Crippen LogP contribution in [-0.4, -0.2) is 98.0 Å². The van der Waals surface area contributed by atoms with E-state index in [9.17, 15) is 33.9 Å². The molecule has 0 fully saturated rings. The molecule has 0 saturated heterocycles. The quantitative estimate of drug-likeness (QED) is 0.132. The van der Waals surface area contributed by atoms with Crippen LogP contribution >= 0.6 is 0 Å². The predicted octanol–water partition coefficient (Wildman–Crippen LogP) is -4.82. The molecule has 0 aromatic carbocycles. The van der Waals surface area contributed by atoms with Gasteiger partial charge < -0.3 is 47.2 Å². The molecular weight excluding hydrogens is 412 g/mol. The van der Waals surface area contributed by atoms with Crippen LogP contribution in [0.15, 0.2) is 0 Å². The molecule has 0 heterocycles. The van der Waals surface area contributed by atoms with Gasteiger partial charge in [-0.2, -0.15) is 0 Å². The fourth-order valence-corrected chi connectivity index (χ4v) is 2.05. The highest BCUT2D eigenvalue weighted by molar-refractivity contribution is 5.96. The Morgan fingerprint density at radius 2 is 1.30 bits per heavy atom. The Kier molecular flexibility index (Phi) is 10.9. The molecule has 0 aliphatic heterocycles. The Hall–Kier alpha value is -3.30. The lowest BCUT2D eigenvalue weighted by Gasteiger charge is -2.25. The molecule has 3 amide bonds. The maximum absolute atomic E-state index is 12.4. The molecule has 0 aromatic rings. The van der Waals surface area contributed by atoms with Gasteiger partial charge in [0, 0.05) is 0 Å². The summed E-state index contributed by atoms with van der Waals surface area (Å²) in [5.74, 6) is -8.15. The first-order chi connectivity index (χ1) is 13.8. The molecule has 170 valence electrons. The average molecular weight is 436 g/mol. The van der Waals surface area contributed by atoms with Crippen LogP contribution < -0.4 is 21.7 Å². The van der Waals surface area contributed by atoms with Crippen LogP contribution in [0.2, 0.25) is 0 Å². The minimum absolute atomic E-state index is 0.802. The van der Waals surface area contributed by atoms with Gasteiger partial charge in [-0.05, 0) is 6.92 Å². The molecule has 15 heteroatoms. The van der Waals surface area contributed by atoms with Crippen molar-refractivity contribution in [3.05, 3.63) is 0 Å². The fourth-order valence-electron chi connectivity index (χ4n) is 2.05. The van der Waals surface area contributed by atoms with Crippen molar-refractivity contribution in [1.82, 2.24) is 16.0 Å². The number of amides is 3. The number of hydrogen-bond donors (Lipinski definition) is 9. The molecule has 0 spiro atoms. The van der Waals surface area contributed by atoms with Gasteiger partial charge in [0.25, 0.3) is 0 Å². The molecule has 15 nitrogen and oxygen atoms in total. The van der Waals surface area contributed by atoms with Gasteiger partial charge in [0.05, 0.1) is 31.6 Å². The van der Waals surface area contributed by atoms with Crippen molar-refractivity contribution in [2.24, 2.45) is 5.73 Å². The Balaban J connectivity index is 5.38. The fraction of sp³-hybridized carbons (Fsp3) is 0.600. The molecule has 0 aliphatic rings. The molecule has 0 aromatic heterocycles. The largest absolute Gasteiger partial charge is 0.481 e. The SMILES string of the molecule is CC(O)C(NC(=O)C(CC(=O)O)NC(=O)C(N)CC(=O)O)C(=O)NC(CO)C(=O)O. The Bertz CT molecular complexity index is 681. The normalized spacial score (nSPS) is 15.6. The molecule has 0 saturated carbocycles. The molecule has 0 bridgehead atoms. The number of hydrogen-bond acceptors (Lipinski definition) is 9. The molecule has 0 radical (unpaired) electrons. The van der Waals surface area contributed by atoms with Gasteiger partial charge in [-0.3, -0.25) is 24.0 Å². The van der Waals surface area contributed by atoms with Crippen LogP contribution in [0.1, 0.15) is 19.8 Å². The van der Waals surface area contributed by atoms with Crippen LogP contribution in [0.25, 0.3) is 0 Å². The number of rotatable bonds is 13. The second-order valence-corrected chi connectivity index (χ2v) is 6.17. The highest BCUT2D eigenvalue weighted by atomic mass is 16.4. The number of aliphatic hydroxyl groups excluding tert-OH is 2.